The lowest BCUT2D eigenvalue weighted by Gasteiger charge is -2.08. The molecule has 0 bridgehead atoms. The maximum absolute atomic E-state index is 8.56. The summed E-state index contributed by atoms with van der Waals surface area (Å²) in [5.41, 5.74) is 0. The Labute approximate surface area is 93.2 Å². The van der Waals surface area contributed by atoms with Gasteiger partial charge in [-0.2, -0.15) is 5.26 Å². The molecule has 1 aromatic rings. The fraction of sp³-hybridized carbons (Fsp3) is 0.500. The van der Waals surface area contributed by atoms with Crippen molar-refractivity contribution in [3.8, 4) is 6.07 Å². The molecule has 0 fully saturated rings. The van der Waals surface area contributed by atoms with Crippen LogP contribution in [0.3, 0.4) is 0 Å². The van der Waals surface area contributed by atoms with Crippen LogP contribution in [0.2, 0.25) is 5.22 Å². The summed E-state index contributed by atoms with van der Waals surface area (Å²) in [7, 11) is 0. The standard InChI is InChI=1S/C10H12ClNOS/c1-2-9(5-6-12)14-7-8-3-4-10(11)13-8/h3-4,9H,2,5,7H2,1H3. The molecule has 1 rings (SSSR count). The van der Waals surface area contributed by atoms with Crippen LogP contribution in [-0.4, -0.2) is 5.25 Å². The minimum atomic E-state index is 0.392. The molecule has 0 spiro atoms. The second-order valence-electron chi connectivity index (χ2n) is 2.91. The fourth-order valence-corrected chi connectivity index (χ4v) is 2.20. The van der Waals surface area contributed by atoms with Crippen LogP contribution in [0, 0.1) is 11.3 Å². The summed E-state index contributed by atoms with van der Waals surface area (Å²) >= 11 is 7.38. The average Bonchev–Trinajstić information content (AvgIpc) is 2.59. The maximum atomic E-state index is 8.56. The molecule has 0 radical (unpaired) electrons. The lowest BCUT2D eigenvalue weighted by molar-refractivity contribution is 0.532. The van der Waals surface area contributed by atoms with Crippen LogP contribution < -0.4 is 0 Å². The van der Waals surface area contributed by atoms with Gasteiger partial charge in [-0.1, -0.05) is 6.92 Å². The Morgan fingerprint density at radius 1 is 1.64 bits per heavy atom. The van der Waals surface area contributed by atoms with E-state index in [4.69, 9.17) is 21.3 Å². The second kappa shape index (κ2) is 6.00. The van der Waals surface area contributed by atoms with Gasteiger partial charge in [0.25, 0.3) is 0 Å². The molecule has 0 amide bonds. The highest BCUT2D eigenvalue weighted by atomic mass is 35.5. The molecule has 4 heteroatoms. The molecule has 0 aliphatic carbocycles. The van der Waals surface area contributed by atoms with Crippen molar-refractivity contribution < 1.29 is 4.42 Å². The van der Waals surface area contributed by atoms with Crippen molar-refractivity contribution in [3.63, 3.8) is 0 Å². The van der Waals surface area contributed by atoms with E-state index in [1.807, 2.05) is 6.07 Å². The first-order valence-electron chi connectivity index (χ1n) is 4.49. The number of halogens is 1. The van der Waals surface area contributed by atoms with Crippen molar-refractivity contribution in [3.05, 3.63) is 23.1 Å². The van der Waals surface area contributed by atoms with Crippen LogP contribution in [0.25, 0.3) is 0 Å². The van der Waals surface area contributed by atoms with Crippen molar-refractivity contribution >= 4 is 23.4 Å². The number of hydrogen-bond donors (Lipinski definition) is 0. The van der Waals surface area contributed by atoms with E-state index in [0.29, 0.717) is 16.9 Å². The van der Waals surface area contributed by atoms with Gasteiger partial charge in [0.05, 0.1) is 11.8 Å². The zero-order chi connectivity index (χ0) is 10.4. The lowest BCUT2D eigenvalue weighted by Crippen LogP contribution is -1.99. The summed E-state index contributed by atoms with van der Waals surface area (Å²) < 4.78 is 5.22. The first kappa shape index (κ1) is 11.5. The average molecular weight is 230 g/mol. The predicted molar refractivity (Wildman–Crippen MR) is 59.3 cm³/mol. The summed E-state index contributed by atoms with van der Waals surface area (Å²) in [6.45, 7) is 2.09. The molecular weight excluding hydrogens is 218 g/mol. The molecule has 2 nitrogen and oxygen atoms in total. The van der Waals surface area contributed by atoms with Gasteiger partial charge in [-0.25, -0.2) is 0 Å². The van der Waals surface area contributed by atoms with Crippen LogP contribution in [0.5, 0.6) is 0 Å². The molecule has 0 aliphatic rings. The van der Waals surface area contributed by atoms with Crippen molar-refractivity contribution in [2.45, 2.75) is 30.8 Å². The number of nitrogens with zero attached hydrogens (tertiary/aromatic N) is 1. The lowest BCUT2D eigenvalue weighted by atomic mass is 10.3. The van der Waals surface area contributed by atoms with Gasteiger partial charge < -0.3 is 4.42 Å². The van der Waals surface area contributed by atoms with Gasteiger partial charge >= 0.3 is 0 Å². The van der Waals surface area contributed by atoms with Crippen LogP contribution in [-0.2, 0) is 5.75 Å². The largest absolute Gasteiger partial charge is 0.449 e. The van der Waals surface area contributed by atoms with Gasteiger partial charge in [0, 0.05) is 11.7 Å². The third-order valence-electron chi connectivity index (χ3n) is 1.86. The van der Waals surface area contributed by atoms with E-state index in [0.717, 1.165) is 17.9 Å². The topological polar surface area (TPSA) is 36.9 Å². The third-order valence-corrected chi connectivity index (χ3v) is 3.49. The molecule has 1 aromatic heterocycles. The van der Waals surface area contributed by atoms with E-state index < -0.39 is 0 Å². The first-order chi connectivity index (χ1) is 6.76. The molecule has 1 atom stereocenters. The van der Waals surface area contributed by atoms with Crippen molar-refractivity contribution in [1.82, 2.24) is 0 Å². The van der Waals surface area contributed by atoms with Crippen LogP contribution >= 0.6 is 23.4 Å². The summed E-state index contributed by atoms with van der Waals surface area (Å²) in [4.78, 5) is 0. The minimum Gasteiger partial charge on any atom is -0.449 e. The van der Waals surface area contributed by atoms with Gasteiger partial charge in [-0.3, -0.25) is 0 Å². The van der Waals surface area contributed by atoms with Gasteiger partial charge in [-0.15, -0.1) is 11.8 Å². The number of furan rings is 1. The number of rotatable bonds is 5. The predicted octanol–water partition coefficient (Wildman–Crippen LogP) is 3.86. The Kier molecular flexibility index (Phi) is 4.92. The summed E-state index contributed by atoms with van der Waals surface area (Å²) in [6, 6.07) is 5.79. The molecule has 1 heterocycles. The molecule has 0 saturated carbocycles. The zero-order valence-electron chi connectivity index (χ0n) is 8.00. The van der Waals surface area contributed by atoms with E-state index in [-0.39, 0.29) is 0 Å². The summed E-state index contributed by atoms with van der Waals surface area (Å²) in [5, 5.41) is 9.38. The number of hydrogen-bond acceptors (Lipinski definition) is 3. The SMILES string of the molecule is CCC(CC#N)SCc1ccc(Cl)o1. The molecule has 0 N–H and O–H groups in total. The fourth-order valence-electron chi connectivity index (χ4n) is 1.05. The first-order valence-corrected chi connectivity index (χ1v) is 5.91. The van der Waals surface area contributed by atoms with Crippen molar-refractivity contribution in [1.29, 1.82) is 5.26 Å². The van der Waals surface area contributed by atoms with Crippen molar-refractivity contribution in [2.24, 2.45) is 0 Å². The highest BCUT2D eigenvalue weighted by Gasteiger charge is 2.08. The smallest absolute Gasteiger partial charge is 0.193 e. The van der Waals surface area contributed by atoms with E-state index >= 15 is 0 Å². The Morgan fingerprint density at radius 3 is 2.93 bits per heavy atom. The van der Waals surface area contributed by atoms with Gasteiger partial charge in [0.15, 0.2) is 5.22 Å². The van der Waals surface area contributed by atoms with Gasteiger partial charge in [0.2, 0.25) is 0 Å². The molecule has 14 heavy (non-hydrogen) atoms. The van der Waals surface area contributed by atoms with E-state index in [9.17, 15) is 0 Å². The third kappa shape index (κ3) is 3.65. The molecule has 76 valence electrons. The maximum Gasteiger partial charge on any atom is 0.193 e. The van der Waals surface area contributed by atoms with Gasteiger partial charge in [0.1, 0.15) is 5.76 Å². The van der Waals surface area contributed by atoms with Crippen LogP contribution in [0.15, 0.2) is 16.5 Å². The summed E-state index contributed by atoms with van der Waals surface area (Å²) in [6.07, 6.45) is 1.60. The normalized spacial score (nSPS) is 12.4. The van der Waals surface area contributed by atoms with Crippen LogP contribution in [0.4, 0.5) is 0 Å². The Morgan fingerprint density at radius 2 is 2.43 bits per heavy atom. The second-order valence-corrected chi connectivity index (χ2v) is 4.57. The Balaban J connectivity index is 2.36. The van der Waals surface area contributed by atoms with Gasteiger partial charge in [-0.05, 0) is 30.2 Å². The molecular formula is C10H12ClNOS. The van der Waals surface area contributed by atoms with E-state index in [1.165, 1.54) is 0 Å². The van der Waals surface area contributed by atoms with Crippen LogP contribution in [0.1, 0.15) is 25.5 Å². The Bertz CT molecular complexity index is 318. The quantitative estimate of drug-likeness (QED) is 0.770. The highest BCUT2D eigenvalue weighted by Crippen LogP contribution is 2.24. The number of thioether (sulfide) groups is 1. The van der Waals surface area contributed by atoms with E-state index in [1.54, 1.807) is 17.8 Å². The molecule has 0 aliphatic heterocycles. The highest BCUT2D eigenvalue weighted by molar-refractivity contribution is 7.99. The van der Waals surface area contributed by atoms with Crippen molar-refractivity contribution in [2.75, 3.05) is 0 Å². The monoisotopic (exact) mass is 229 g/mol. The molecule has 1 unspecified atom stereocenters. The number of nitriles is 1. The minimum absolute atomic E-state index is 0.392. The Hall–Kier alpha value is -0.590. The molecule has 0 aromatic carbocycles. The zero-order valence-corrected chi connectivity index (χ0v) is 9.57. The van der Waals surface area contributed by atoms with E-state index in [2.05, 4.69) is 13.0 Å². The molecule has 0 saturated heterocycles. The summed E-state index contributed by atoms with van der Waals surface area (Å²) in [5.74, 6) is 1.66.